The third-order valence-corrected chi connectivity index (χ3v) is 3.68. The van der Waals surface area contributed by atoms with Gasteiger partial charge in [-0.3, -0.25) is 4.79 Å². The number of nitrogens with zero attached hydrogens (tertiary/aromatic N) is 1. The summed E-state index contributed by atoms with van der Waals surface area (Å²) in [6.45, 7) is 7.28. The van der Waals surface area contributed by atoms with E-state index in [9.17, 15) is 4.79 Å². The zero-order valence-electron chi connectivity index (χ0n) is 11.2. The molecule has 2 rings (SSSR count). The Bertz CT molecular complexity index is 476. The van der Waals surface area contributed by atoms with Crippen molar-refractivity contribution in [3.63, 3.8) is 0 Å². The third-order valence-electron chi connectivity index (χ3n) is 3.68. The molecule has 1 aromatic rings. The Morgan fingerprint density at radius 3 is 2.33 bits per heavy atom. The van der Waals surface area contributed by atoms with Crippen LogP contribution in [0, 0.1) is 20.8 Å². The molecule has 18 heavy (non-hydrogen) atoms. The van der Waals surface area contributed by atoms with E-state index in [0.717, 1.165) is 5.69 Å². The third kappa shape index (κ3) is 2.08. The summed E-state index contributed by atoms with van der Waals surface area (Å²) in [5.74, 6) is -0.910. The molecule has 4 heteroatoms. The molecule has 1 aromatic carbocycles. The van der Waals surface area contributed by atoms with E-state index in [-0.39, 0.29) is 0 Å². The predicted molar refractivity (Wildman–Crippen MR) is 72.0 cm³/mol. The van der Waals surface area contributed by atoms with Crippen LogP contribution in [0.4, 0.5) is 5.69 Å². The largest absolute Gasteiger partial charge is 0.480 e. The van der Waals surface area contributed by atoms with Crippen LogP contribution < -0.4 is 10.6 Å². The minimum atomic E-state index is -1.11. The average Bonchev–Trinajstić information content (AvgIpc) is 2.60. The van der Waals surface area contributed by atoms with Gasteiger partial charge < -0.3 is 15.7 Å². The van der Waals surface area contributed by atoms with Gasteiger partial charge in [-0.25, -0.2) is 0 Å². The van der Waals surface area contributed by atoms with Gasteiger partial charge in [-0.05, 0) is 38.3 Å². The van der Waals surface area contributed by atoms with E-state index in [0.29, 0.717) is 19.5 Å². The summed E-state index contributed by atoms with van der Waals surface area (Å²) in [7, 11) is 0. The molecule has 3 N–H and O–H groups in total. The van der Waals surface area contributed by atoms with E-state index in [2.05, 4.69) is 37.8 Å². The Balaban J connectivity index is 2.33. The molecule has 1 heterocycles. The fourth-order valence-corrected chi connectivity index (χ4v) is 2.87. The Labute approximate surface area is 107 Å². The van der Waals surface area contributed by atoms with Crippen molar-refractivity contribution in [2.45, 2.75) is 32.7 Å². The Kier molecular flexibility index (Phi) is 3.07. The molecular weight excluding hydrogens is 228 g/mol. The number of anilines is 1. The van der Waals surface area contributed by atoms with Gasteiger partial charge in [0.25, 0.3) is 0 Å². The molecule has 1 saturated heterocycles. The maximum atomic E-state index is 11.2. The molecule has 98 valence electrons. The average molecular weight is 248 g/mol. The number of nitrogens with two attached hydrogens (primary N) is 1. The number of aliphatic carboxylic acids is 1. The van der Waals surface area contributed by atoms with Crippen molar-refractivity contribution in [1.82, 2.24) is 0 Å². The van der Waals surface area contributed by atoms with Crippen molar-refractivity contribution in [2.24, 2.45) is 5.73 Å². The van der Waals surface area contributed by atoms with Crippen LogP contribution in [0.1, 0.15) is 23.1 Å². The lowest BCUT2D eigenvalue weighted by atomic mass is 10.0. The van der Waals surface area contributed by atoms with Crippen LogP contribution in [0.3, 0.4) is 0 Å². The smallest absolute Gasteiger partial charge is 0.325 e. The number of rotatable bonds is 2. The highest BCUT2D eigenvalue weighted by Gasteiger charge is 2.41. The highest BCUT2D eigenvalue weighted by molar-refractivity contribution is 5.81. The van der Waals surface area contributed by atoms with E-state index in [1.807, 2.05) is 0 Å². The molecule has 0 aliphatic carbocycles. The molecule has 0 bridgehead atoms. The number of carboxylic acids is 1. The van der Waals surface area contributed by atoms with Gasteiger partial charge in [0.05, 0.1) is 0 Å². The van der Waals surface area contributed by atoms with Gasteiger partial charge in [0.2, 0.25) is 0 Å². The van der Waals surface area contributed by atoms with Gasteiger partial charge in [-0.15, -0.1) is 0 Å². The maximum absolute atomic E-state index is 11.2. The lowest BCUT2D eigenvalue weighted by Gasteiger charge is -2.25. The number of benzene rings is 1. The molecule has 1 atom stereocenters. The highest BCUT2D eigenvalue weighted by Crippen LogP contribution is 2.31. The van der Waals surface area contributed by atoms with Crippen LogP contribution in [0.2, 0.25) is 0 Å². The fourth-order valence-electron chi connectivity index (χ4n) is 2.87. The highest BCUT2D eigenvalue weighted by atomic mass is 16.4. The molecule has 1 aliphatic heterocycles. The molecule has 1 fully saturated rings. The lowest BCUT2D eigenvalue weighted by molar-refractivity contribution is -0.142. The minimum Gasteiger partial charge on any atom is -0.480 e. The molecule has 0 amide bonds. The molecule has 4 nitrogen and oxygen atoms in total. The van der Waals surface area contributed by atoms with E-state index in [4.69, 9.17) is 10.8 Å². The van der Waals surface area contributed by atoms with Crippen LogP contribution in [-0.4, -0.2) is 29.7 Å². The summed E-state index contributed by atoms with van der Waals surface area (Å²) in [5.41, 5.74) is 9.54. The predicted octanol–water partition coefficient (Wildman–Crippen LogP) is 1.60. The molecular formula is C14H20N2O2. The zero-order valence-corrected chi connectivity index (χ0v) is 11.2. The van der Waals surface area contributed by atoms with E-state index < -0.39 is 11.5 Å². The number of hydrogen-bond acceptors (Lipinski definition) is 3. The fraction of sp³-hybridized carbons (Fsp3) is 0.500. The van der Waals surface area contributed by atoms with E-state index >= 15 is 0 Å². The Morgan fingerprint density at radius 2 is 1.89 bits per heavy atom. The molecule has 1 unspecified atom stereocenters. The summed E-state index contributed by atoms with van der Waals surface area (Å²) >= 11 is 0. The zero-order chi connectivity index (χ0) is 13.5. The lowest BCUT2D eigenvalue weighted by Crippen LogP contribution is -2.50. The van der Waals surface area contributed by atoms with Gasteiger partial charge in [0, 0.05) is 18.8 Å². The van der Waals surface area contributed by atoms with Crippen molar-refractivity contribution >= 4 is 11.7 Å². The number of carboxylic acid groups (broad SMARTS) is 1. The van der Waals surface area contributed by atoms with Gasteiger partial charge in [0.1, 0.15) is 5.54 Å². The minimum absolute atomic E-state index is 0.382. The second kappa shape index (κ2) is 4.28. The first-order valence-corrected chi connectivity index (χ1v) is 6.18. The van der Waals surface area contributed by atoms with Crippen molar-refractivity contribution < 1.29 is 9.90 Å². The van der Waals surface area contributed by atoms with Crippen molar-refractivity contribution in [1.29, 1.82) is 0 Å². The van der Waals surface area contributed by atoms with Crippen LogP contribution >= 0.6 is 0 Å². The van der Waals surface area contributed by atoms with Gasteiger partial charge in [-0.2, -0.15) is 0 Å². The monoisotopic (exact) mass is 248 g/mol. The summed E-state index contributed by atoms with van der Waals surface area (Å²) in [6, 6.07) is 4.25. The second-order valence-corrected chi connectivity index (χ2v) is 5.38. The Hall–Kier alpha value is -1.55. The van der Waals surface area contributed by atoms with E-state index in [1.165, 1.54) is 16.7 Å². The van der Waals surface area contributed by atoms with Gasteiger partial charge in [-0.1, -0.05) is 17.7 Å². The second-order valence-electron chi connectivity index (χ2n) is 5.38. The Morgan fingerprint density at radius 1 is 1.33 bits per heavy atom. The summed E-state index contributed by atoms with van der Waals surface area (Å²) in [6.07, 6.45) is 0.495. The first-order chi connectivity index (χ1) is 8.33. The number of hydrogen-bond donors (Lipinski definition) is 2. The molecule has 0 spiro atoms. The van der Waals surface area contributed by atoms with Crippen LogP contribution in [-0.2, 0) is 4.79 Å². The van der Waals surface area contributed by atoms with Gasteiger partial charge >= 0.3 is 5.97 Å². The molecule has 1 aliphatic rings. The van der Waals surface area contributed by atoms with Crippen LogP contribution in [0.25, 0.3) is 0 Å². The number of aryl methyl sites for hydroxylation is 3. The first kappa shape index (κ1) is 12.9. The van der Waals surface area contributed by atoms with Crippen LogP contribution in [0.5, 0.6) is 0 Å². The summed E-state index contributed by atoms with van der Waals surface area (Å²) in [4.78, 5) is 13.3. The number of carbonyl (C=O) groups is 1. The molecule has 0 aromatic heterocycles. The molecule has 0 saturated carbocycles. The molecule has 0 radical (unpaired) electrons. The summed E-state index contributed by atoms with van der Waals surface area (Å²) < 4.78 is 0. The quantitative estimate of drug-likeness (QED) is 0.834. The topological polar surface area (TPSA) is 66.6 Å². The van der Waals surface area contributed by atoms with Crippen LogP contribution in [0.15, 0.2) is 12.1 Å². The maximum Gasteiger partial charge on any atom is 0.325 e. The normalized spacial score (nSPS) is 23.4. The standard InChI is InChI=1S/C14H20N2O2/c1-9-6-10(2)12(11(3)7-9)16-5-4-14(15,8-16)13(17)18/h6-7H,4-5,8,15H2,1-3H3,(H,17,18). The van der Waals surface area contributed by atoms with Crippen molar-refractivity contribution in [2.75, 3.05) is 18.0 Å². The van der Waals surface area contributed by atoms with E-state index in [1.54, 1.807) is 0 Å². The van der Waals surface area contributed by atoms with Crippen molar-refractivity contribution in [3.8, 4) is 0 Å². The summed E-state index contributed by atoms with van der Waals surface area (Å²) in [5, 5.41) is 9.17. The first-order valence-electron chi connectivity index (χ1n) is 6.18. The van der Waals surface area contributed by atoms with Gasteiger partial charge in [0.15, 0.2) is 0 Å². The SMILES string of the molecule is Cc1cc(C)c(N2CCC(N)(C(=O)O)C2)c(C)c1. The van der Waals surface area contributed by atoms with Crippen molar-refractivity contribution in [3.05, 3.63) is 28.8 Å².